The number of carbonyl (C=O) groups is 1. The number of carbonyl (C=O) groups excluding carboxylic acids is 1. The highest BCUT2D eigenvalue weighted by atomic mass is 19.1. The number of nitrogens with two attached hydrogens (primary N) is 1. The van der Waals surface area contributed by atoms with Gasteiger partial charge in [0.1, 0.15) is 12.4 Å². The molecule has 0 aromatic heterocycles. The van der Waals surface area contributed by atoms with Crippen LogP contribution in [0.5, 0.6) is 5.75 Å². The van der Waals surface area contributed by atoms with Crippen molar-refractivity contribution >= 4 is 5.91 Å². The van der Waals surface area contributed by atoms with Gasteiger partial charge in [0.25, 0.3) is 0 Å². The number of halogens is 1. The zero-order valence-corrected chi connectivity index (χ0v) is 18.4. The number of hydrogen-bond acceptors (Lipinski definition) is 4. The summed E-state index contributed by atoms with van der Waals surface area (Å²) in [5.74, 6) is 1.89. The normalized spacial score (nSPS) is 32.8. The number of fused-ring (bicyclic) bond motifs is 4. The van der Waals surface area contributed by atoms with E-state index in [1.165, 1.54) is 12.0 Å². The summed E-state index contributed by atoms with van der Waals surface area (Å²) in [5, 5.41) is 3.35. The Labute approximate surface area is 184 Å². The minimum Gasteiger partial charge on any atom is -0.489 e. The summed E-state index contributed by atoms with van der Waals surface area (Å²) in [6.07, 6.45) is 9.08. The smallest absolute Gasteiger partial charge is 0.227 e. The molecule has 5 nitrogen and oxygen atoms in total. The second kappa shape index (κ2) is 9.70. The lowest BCUT2D eigenvalue weighted by Crippen LogP contribution is -2.54. The van der Waals surface area contributed by atoms with Gasteiger partial charge in [-0.1, -0.05) is 12.1 Å². The average molecular weight is 431 g/mol. The molecule has 0 saturated heterocycles. The fourth-order valence-corrected chi connectivity index (χ4v) is 5.69. The first-order valence-electron chi connectivity index (χ1n) is 11.6. The van der Waals surface area contributed by atoms with E-state index in [4.69, 9.17) is 15.2 Å². The summed E-state index contributed by atoms with van der Waals surface area (Å²) >= 11 is 0. The van der Waals surface area contributed by atoms with Crippen molar-refractivity contribution in [3.05, 3.63) is 41.7 Å². The van der Waals surface area contributed by atoms with Crippen molar-refractivity contribution < 1.29 is 18.7 Å². The average Bonchev–Trinajstić information content (AvgIpc) is 3.08. The van der Waals surface area contributed by atoms with Gasteiger partial charge in [0.15, 0.2) is 0 Å². The second-order valence-electron chi connectivity index (χ2n) is 9.56. The molecule has 0 heterocycles. The molecule has 1 atom stereocenters. The van der Waals surface area contributed by atoms with Gasteiger partial charge < -0.3 is 20.5 Å². The van der Waals surface area contributed by atoms with Gasteiger partial charge in [0.05, 0.1) is 17.8 Å². The summed E-state index contributed by atoms with van der Waals surface area (Å²) in [6.45, 7) is 0.287. The Hall–Kier alpha value is -1.92. The summed E-state index contributed by atoms with van der Waals surface area (Å²) in [5.41, 5.74) is 6.80. The number of rotatable bonds is 8. The molecule has 4 aliphatic rings. The molecule has 5 rings (SSSR count). The van der Waals surface area contributed by atoms with E-state index in [0.29, 0.717) is 17.7 Å². The molecular weight excluding hydrogens is 395 g/mol. The predicted molar refractivity (Wildman–Crippen MR) is 119 cm³/mol. The van der Waals surface area contributed by atoms with Gasteiger partial charge in [-0.3, -0.25) is 4.79 Å². The van der Waals surface area contributed by atoms with Crippen molar-refractivity contribution in [1.29, 1.82) is 0 Å². The van der Waals surface area contributed by atoms with E-state index in [9.17, 15) is 9.18 Å². The molecule has 4 aliphatic carbocycles. The number of methoxy groups -OCH3 is 1. The predicted octanol–water partition coefficient (Wildman–Crippen LogP) is 4.23. The number of benzene rings is 1. The Morgan fingerprint density at radius 3 is 2.52 bits per heavy atom. The van der Waals surface area contributed by atoms with Gasteiger partial charge in [-0.2, -0.15) is 0 Å². The molecule has 4 saturated carbocycles. The molecule has 2 bridgehead atoms. The van der Waals surface area contributed by atoms with Crippen LogP contribution in [0.25, 0.3) is 0 Å². The van der Waals surface area contributed by atoms with Gasteiger partial charge in [0.2, 0.25) is 5.91 Å². The molecular formula is C25H35FN2O3. The molecule has 4 fully saturated rings. The quantitative estimate of drug-likeness (QED) is 0.647. The minimum atomic E-state index is -0.322. The lowest BCUT2D eigenvalue weighted by atomic mass is 9.63. The minimum absolute atomic E-state index is 0.140. The Balaban J connectivity index is 1.49. The maximum absolute atomic E-state index is 13.6. The first kappa shape index (κ1) is 22.3. The Bertz CT molecular complexity index is 780. The molecule has 170 valence electrons. The van der Waals surface area contributed by atoms with Gasteiger partial charge in [-0.05, 0) is 80.9 Å². The zero-order valence-electron chi connectivity index (χ0n) is 18.4. The lowest BCUT2D eigenvalue weighted by molar-refractivity contribution is -0.137. The molecule has 31 heavy (non-hydrogen) atoms. The van der Waals surface area contributed by atoms with Gasteiger partial charge >= 0.3 is 0 Å². The standard InChI is InChI=1S/C25H35FN2O3/c1-30-22-12-20(13-22)28-24(29)25-10-8-17(9-11-25)2-7-23(25)19-3-5-21(6-4-19)31-16-18(14-26)15-27/h3-6,14,17,20,22-23H,2,7-13,15-16,27H2,1H3,(H,28,29)/b18-14+. The second-order valence-corrected chi connectivity index (χ2v) is 9.56. The van der Waals surface area contributed by atoms with E-state index in [2.05, 4.69) is 17.4 Å². The molecule has 1 unspecified atom stereocenters. The van der Waals surface area contributed by atoms with E-state index in [0.717, 1.165) is 50.9 Å². The number of nitrogens with one attached hydrogen (secondary N) is 1. The summed E-state index contributed by atoms with van der Waals surface area (Å²) < 4.78 is 23.8. The van der Waals surface area contributed by atoms with E-state index >= 15 is 0 Å². The molecule has 1 aromatic carbocycles. The summed E-state index contributed by atoms with van der Waals surface area (Å²) in [7, 11) is 1.74. The third-order valence-corrected chi connectivity index (χ3v) is 7.87. The van der Waals surface area contributed by atoms with E-state index < -0.39 is 0 Å². The van der Waals surface area contributed by atoms with Crippen LogP contribution in [-0.4, -0.2) is 38.3 Å². The van der Waals surface area contributed by atoms with Crippen LogP contribution >= 0.6 is 0 Å². The van der Waals surface area contributed by atoms with Crippen molar-refractivity contribution in [2.45, 2.75) is 69.4 Å². The van der Waals surface area contributed by atoms with Crippen molar-refractivity contribution in [2.24, 2.45) is 17.1 Å². The molecule has 0 radical (unpaired) electrons. The summed E-state index contributed by atoms with van der Waals surface area (Å²) in [4.78, 5) is 13.6. The van der Waals surface area contributed by atoms with Gasteiger partial charge in [-0.15, -0.1) is 0 Å². The van der Waals surface area contributed by atoms with Crippen molar-refractivity contribution in [1.82, 2.24) is 5.32 Å². The fraction of sp³-hybridized carbons (Fsp3) is 0.640. The number of ether oxygens (including phenoxy) is 2. The van der Waals surface area contributed by atoms with Crippen LogP contribution in [0, 0.1) is 11.3 Å². The number of hydrogen-bond donors (Lipinski definition) is 2. The monoisotopic (exact) mass is 430 g/mol. The van der Waals surface area contributed by atoms with Crippen LogP contribution in [0.4, 0.5) is 4.39 Å². The van der Waals surface area contributed by atoms with Crippen molar-refractivity contribution in [2.75, 3.05) is 20.3 Å². The Morgan fingerprint density at radius 2 is 1.90 bits per heavy atom. The van der Waals surface area contributed by atoms with Gasteiger partial charge in [0, 0.05) is 25.3 Å². The van der Waals surface area contributed by atoms with Crippen molar-refractivity contribution in [3.8, 4) is 5.75 Å². The maximum atomic E-state index is 13.6. The fourth-order valence-electron chi connectivity index (χ4n) is 5.69. The van der Waals surface area contributed by atoms with Crippen LogP contribution in [-0.2, 0) is 9.53 Å². The SMILES string of the molecule is COC1CC(NC(=O)C23CCC(CCC2c2ccc(OC/C(=C/F)CN)cc2)CC3)C1. The Kier molecular flexibility index (Phi) is 6.97. The highest BCUT2D eigenvalue weighted by molar-refractivity contribution is 5.84. The highest BCUT2D eigenvalue weighted by Crippen LogP contribution is 2.55. The molecule has 0 spiro atoms. The van der Waals surface area contributed by atoms with E-state index in [1.54, 1.807) is 7.11 Å². The molecule has 1 amide bonds. The van der Waals surface area contributed by atoms with Crippen molar-refractivity contribution in [3.63, 3.8) is 0 Å². The Morgan fingerprint density at radius 1 is 1.19 bits per heavy atom. The van der Waals surface area contributed by atoms with Crippen LogP contribution in [0.15, 0.2) is 36.2 Å². The van der Waals surface area contributed by atoms with E-state index in [1.807, 2.05) is 12.1 Å². The number of amides is 1. The van der Waals surface area contributed by atoms with Crippen LogP contribution < -0.4 is 15.8 Å². The largest absolute Gasteiger partial charge is 0.489 e. The molecule has 1 aromatic rings. The zero-order chi connectivity index (χ0) is 21.8. The van der Waals surface area contributed by atoms with Gasteiger partial charge in [-0.25, -0.2) is 4.39 Å². The maximum Gasteiger partial charge on any atom is 0.227 e. The topological polar surface area (TPSA) is 73.6 Å². The van der Waals surface area contributed by atoms with Crippen LogP contribution in [0.3, 0.4) is 0 Å². The van der Waals surface area contributed by atoms with E-state index in [-0.39, 0.29) is 42.5 Å². The summed E-state index contributed by atoms with van der Waals surface area (Å²) in [6, 6.07) is 8.27. The lowest BCUT2D eigenvalue weighted by Gasteiger charge is -2.44. The molecule has 3 N–H and O–H groups in total. The molecule has 0 aliphatic heterocycles. The third-order valence-electron chi connectivity index (χ3n) is 7.87. The highest BCUT2D eigenvalue weighted by Gasteiger charge is 2.51. The van der Waals surface area contributed by atoms with Crippen LogP contribution in [0.2, 0.25) is 0 Å². The first-order chi connectivity index (χ1) is 15.1. The third kappa shape index (κ3) is 4.65. The van der Waals surface area contributed by atoms with Crippen LogP contribution in [0.1, 0.15) is 62.8 Å². The first-order valence-corrected chi connectivity index (χ1v) is 11.6. The molecule has 6 heteroatoms.